The van der Waals surface area contributed by atoms with Crippen LogP contribution in [0, 0.1) is 5.82 Å². The third kappa shape index (κ3) is 6.60. The fraction of sp³-hybridized carbons (Fsp3) is 0.0968. The van der Waals surface area contributed by atoms with Crippen LogP contribution < -0.4 is 4.74 Å². The molecule has 0 aromatic heterocycles. The van der Waals surface area contributed by atoms with Gasteiger partial charge in [0, 0.05) is 6.54 Å². The van der Waals surface area contributed by atoms with Crippen LogP contribution in [0.5, 0.6) is 5.75 Å². The molecule has 1 saturated heterocycles. The van der Waals surface area contributed by atoms with E-state index >= 15 is 0 Å². The fourth-order valence-corrected chi connectivity index (χ4v) is 5.44. The fourth-order valence-electron chi connectivity index (χ4n) is 3.90. The number of carbonyl (C=O) groups is 1. The van der Waals surface area contributed by atoms with Gasteiger partial charge < -0.3 is 4.74 Å². The normalized spacial score (nSPS) is 15.4. The number of hydrogen-bond donors (Lipinski definition) is 0. The maximum absolute atomic E-state index is 13.5. The molecule has 7 heteroatoms. The topological polar surface area (TPSA) is 41.9 Å². The van der Waals surface area contributed by atoms with Crippen molar-refractivity contribution >= 4 is 50.5 Å². The van der Waals surface area contributed by atoms with Crippen molar-refractivity contribution < 1.29 is 13.9 Å². The first-order valence-corrected chi connectivity index (χ1v) is 13.7. The van der Waals surface area contributed by atoms with Crippen molar-refractivity contribution in [1.29, 1.82) is 0 Å². The molecule has 1 amide bonds. The molecule has 0 aliphatic carbocycles. The Morgan fingerprint density at radius 2 is 1.61 bits per heavy atom. The molecule has 0 atom stereocenters. The highest BCUT2D eigenvalue weighted by atomic mass is 79.9. The largest absolute Gasteiger partial charge is 0.488 e. The van der Waals surface area contributed by atoms with Crippen LogP contribution in [0.4, 0.5) is 10.1 Å². The standard InChI is InChI=1S/C31H24BrFN2O2S/c32-27-19-24(13-16-28(27)37-21-23-11-14-25(33)15-12-23)20-29-30(36)35(18-17-22-7-3-1-4-8-22)31(38-29)34-26-9-5-2-6-10-26/h1-16,19-20H,17-18,21H2/b29-20+,34-31?. The van der Waals surface area contributed by atoms with Gasteiger partial charge in [0.25, 0.3) is 5.91 Å². The Morgan fingerprint density at radius 3 is 2.32 bits per heavy atom. The van der Waals surface area contributed by atoms with Gasteiger partial charge in [-0.2, -0.15) is 0 Å². The van der Waals surface area contributed by atoms with E-state index in [4.69, 9.17) is 9.73 Å². The summed E-state index contributed by atoms with van der Waals surface area (Å²) in [7, 11) is 0. The minimum Gasteiger partial charge on any atom is -0.488 e. The van der Waals surface area contributed by atoms with Crippen molar-refractivity contribution in [3.05, 3.63) is 135 Å². The van der Waals surface area contributed by atoms with E-state index in [-0.39, 0.29) is 11.7 Å². The predicted molar refractivity (Wildman–Crippen MR) is 156 cm³/mol. The van der Waals surface area contributed by atoms with Crippen molar-refractivity contribution in [3.8, 4) is 5.75 Å². The molecule has 0 spiro atoms. The summed E-state index contributed by atoms with van der Waals surface area (Å²) in [6.45, 7) is 0.863. The molecule has 0 saturated carbocycles. The average Bonchev–Trinajstić information content (AvgIpc) is 3.22. The number of ether oxygens (including phenoxy) is 1. The molecule has 4 aromatic carbocycles. The number of amidine groups is 1. The second-order valence-electron chi connectivity index (χ2n) is 8.64. The van der Waals surface area contributed by atoms with Crippen molar-refractivity contribution in [3.63, 3.8) is 0 Å². The van der Waals surface area contributed by atoms with E-state index < -0.39 is 0 Å². The first kappa shape index (κ1) is 25.9. The maximum Gasteiger partial charge on any atom is 0.266 e. The van der Waals surface area contributed by atoms with Crippen LogP contribution in [0.15, 0.2) is 117 Å². The molecule has 1 heterocycles. The second kappa shape index (κ2) is 12.2. The summed E-state index contributed by atoms with van der Waals surface area (Å²) in [5, 5.41) is 0.668. The second-order valence-corrected chi connectivity index (χ2v) is 10.5. The minimum atomic E-state index is -0.276. The molecule has 4 aromatic rings. The van der Waals surface area contributed by atoms with E-state index in [0.717, 1.165) is 27.7 Å². The highest BCUT2D eigenvalue weighted by molar-refractivity contribution is 9.10. The Kier molecular flexibility index (Phi) is 8.36. The molecule has 0 bridgehead atoms. The maximum atomic E-state index is 13.5. The highest BCUT2D eigenvalue weighted by Crippen LogP contribution is 2.35. The zero-order valence-corrected chi connectivity index (χ0v) is 22.8. The van der Waals surface area contributed by atoms with Crippen molar-refractivity contribution in [2.45, 2.75) is 13.0 Å². The lowest BCUT2D eigenvalue weighted by atomic mass is 10.1. The molecule has 190 valence electrons. The van der Waals surface area contributed by atoms with Crippen LogP contribution >= 0.6 is 27.7 Å². The van der Waals surface area contributed by atoms with Gasteiger partial charge in [-0.15, -0.1) is 0 Å². The van der Waals surface area contributed by atoms with E-state index in [9.17, 15) is 9.18 Å². The zero-order chi connectivity index (χ0) is 26.3. The number of benzene rings is 4. The van der Waals surface area contributed by atoms with E-state index in [1.165, 1.54) is 29.5 Å². The summed E-state index contributed by atoms with van der Waals surface area (Å²) in [5.74, 6) is 0.327. The SMILES string of the molecule is O=C1/C(=C\c2ccc(OCc3ccc(F)cc3)c(Br)c2)SC(=Nc2ccccc2)N1CCc1ccccc1. The third-order valence-corrected chi connectivity index (χ3v) is 7.52. The van der Waals surface area contributed by atoms with Gasteiger partial charge in [-0.3, -0.25) is 9.69 Å². The molecule has 38 heavy (non-hydrogen) atoms. The van der Waals surface area contributed by atoms with E-state index in [2.05, 4.69) is 28.1 Å². The van der Waals surface area contributed by atoms with Crippen LogP contribution in [0.1, 0.15) is 16.7 Å². The van der Waals surface area contributed by atoms with E-state index in [0.29, 0.717) is 29.0 Å². The number of rotatable bonds is 8. The molecule has 0 unspecified atom stereocenters. The average molecular weight is 588 g/mol. The van der Waals surface area contributed by atoms with Crippen molar-refractivity contribution in [2.24, 2.45) is 4.99 Å². The number of nitrogens with zero attached hydrogens (tertiary/aromatic N) is 2. The Labute approximate surface area is 234 Å². The summed E-state index contributed by atoms with van der Waals surface area (Å²) < 4.78 is 19.8. The number of carbonyl (C=O) groups excluding carboxylic acids is 1. The molecule has 5 rings (SSSR count). The molecule has 1 aliphatic rings. The van der Waals surface area contributed by atoms with Gasteiger partial charge in [0.1, 0.15) is 18.2 Å². The predicted octanol–water partition coefficient (Wildman–Crippen LogP) is 8.01. The number of hydrogen-bond acceptors (Lipinski definition) is 4. The molecule has 0 N–H and O–H groups in total. The van der Waals surface area contributed by atoms with Gasteiger partial charge in [0.2, 0.25) is 0 Å². The van der Waals surface area contributed by atoms with Gasteiger partial charge in [0.15, 0.2) is 5.17 Å². The lowest BCUT2D eigenvalue weighted by molar-refractivity contribution is -0.122. The summed E-state index contributed by atoms with van der Waals surface area (Å²) in [6.07, 6.45) is 2.62. The Bertz CT molecular complexity index is 1480. The highest BCUT2D eigenvalue weighted by Gasteiger charge is 2.33. The van der Waals surface area contributed by atoms with Crippen LogP contribution in [-0.4, -0.2) is 22.5 Å². The first-order chi connectivity index (χ1) is 18.5. The summed E-state index contributed by atoms with van der Waals surface area (Å²) >= 11 is 4.96. The summed E-state index contributed by atoms with van der Waals surface area (Å²) in [6, 6.07) is 31.7. The van der Waals surface area contributed by atoms with Crippen molar-refractivity contribution in [1.82, 2.24) is 4.90 Å². The zero-order valence-electron chi connectivity index (χ0n) is 20.4. The number of thioether (sulfide) groups is 1. The number of para-hydroxylation sites is 1. The summed E-state index contributed by atoms with van der Waals surface area (Å²) in [5.41, 5.74) is 3.71. The molecule has 1 aliphatic heterocycles. The Balaban J connectivity index is 1.34. The van der Waals surface area contributed by atoms with E-state index in [1.807, 2.05) is 72.8 Å². The van der Waals surface area contributed by atoms with Gasteiger partial charge in [0.05, 0.1) is 15.1 Å². The monoisotopic (exact) mass is 586 g/mol. The van der Waals surface area contributed by atoms with Crippen LogP contribution in [0.2, 0.25) is 0 Å². The van der Waals surface area contributed by atoms with Crippen LogP contribution in [0.3, 0.4) is 0 Å². The van der Waals surface area contributed by atoms with E-state index in [1.54, 1.807) is 17.0 Å². The molecule has 4 nitrogen and oxygen atoms in total. The lowest BCUT2D eigenvalue weighted by Gasteiger charge is -2.15. The van der Waals surface area contributed by atoms with Gasteiger partial charge in [-0.25, -0.2) is 9.38 Å². The first-order valence-electron chi connectivity index (χ1n) is 12.1. The molecule has 0 radical (unpaired) electrons. The van der Waals surface area contributed by atoms with Gasteiger partial charge >= 0.3 is 0 Å². The number of halogens is 2. The van der Waals surface area contributed by atoms with Crippen LogP contribution in [0.25, 0.3) is 6.08 Å². The number of aliphatic imine (C=N–C) groups is 1. The van der Waals surface area contributed by atoms with Gasteiger partial charge in [-0.1, -0.05) is 66.7 Å². The lowest BCUT2D eigenvalue weighted by Crippen LogP contribution is -2.31. The quantitative estimate of drug-likeness (QED) is 0.196. The van der Waals surface area contributed by atoms with Gasteiger partial charge in [-0.05, 0) is 93.3 Å². The Morgan fingerprint density at radius 1 is 0.895 bits per heavy atom. The Hall–Kier alpha value is -3.68. The van der Waals surface area contributed by atoms with Crippen LogP contribution in [-0.2, 0) is 17.8 Å². The minimum absolute atomic E-state index is 0.0617. The third-order valence-electron chi connectivity index (χ3n) is 5.90. The van der Waals surface area contributed by atoms with Crippen molar-refractivity contribution in [2.75, 3.05) is 6.54 Å². The smallest absolute Gasteiger partial charge is 0.266 e. The molecular formula is C31H24BrFN2O2S. The molecule has 1 fully saturated rings. The molecular weight excluding hydrogens is 563 g/mol. The summed E-state index contributed by atoms with van der Waals surface area (Å²) in [4.78, 5) is 20.6. The number of amides is 1.